The van der Waals surface area contributed by atoms with Gasteiger partial charge in [-0.3, -0.25) is 10.00 Å². The first-order chi connectivity index (χ1) is 11.7. The van der Waals surface area contributed by atoms with Crippen molar-refractivity contribution in [3.05, 3.63) is 23.9 Å². The molecule has 2 N–H and O–H groups in total. The minimum Gasteiger partial charge on any atom is -0.333 e. The van der Waals surface area contributed by atoms with Gasteiger partial charge in [0.15, 0.2) is 0 Å². The van der Waals surface area contributed by atoms with E-state index in [1.807, 2.05) is 17.8 Å². The summed E-state index contributed by atoms with van der Waals surface area (Å²) >= 11 is 0. The molecule has 0 spiro atoms. The Morgan fingerprint density at radius 1 is 1.29 bits per heavy atom. The SMILES string of the molecule is Cn1nc(C2CCCC2)cc1NC(=O)N[C@@H]1CCc2ncnn2C1. The van der Waals surface area contributed by atoms with Gasteiger partial charge < -0.3 is 5.32 Å². The van der Waals surface area contributed by atoms with E-state index in [2.05, 4.69) is 25.8 Å². The molecule has 4 rings (SSSR count). The molecule has 0 bridgehead atoms. The van der Waals surface area contributed by atoms with Gasteiger partial charge in [-0.1, -0.05) is 12.8 Å². The van der Waals surface area contributed by atoms with Crippen LogP contribution in [0, 0.1) is 0 Å². The van der Waals surface area contributed by atoms with Crippen LogP contribution in [0.4, 0.5) is 10.6 Å². The number of rotatable bonds is 3. The number of nitrogens with zero attached hydrogens (tertiary/aromatic N) is 5. The van der Waals surface area contributed by atoms with Crippen molar-refractivity contribution < 1.29 is 4.79 Å². The number of amides is 2. The highest BCUT2D eigenvalue weighted by Gasteiger charge is 2.23. The molecule has 8 heteroatoms. The molecule has 8 nitrogen and oxygen atoms in total. The Balaban J connectivity index is 1.36. The fourth-order valence-electron chi connectivity index (χ4n) is 3.72. The van der Waals surface area contributed by atoms with Gasteiger partial charge in [-0.2, -0.15) is 10.2 Å². The van der Waals surface area contributed by atoms with Crippen LogP contribution in [0.25, 0.3) is 0 Å². The summed E-state index contributed by atoms with van der Waals surface area (Å²) in [5.41, 5.74) is 1.09. The maximum absolute atomic E-state index is 12.3. The Morgan fingerprint density at radius 3 is 2.96 bits per heavy atom. The Hall–Kier alpha value is -2.38. The molecular formula is C16H23N7O. The lowest BCUT2D eigenvalue weighted by Gasteiger charge is -2.23. The maximum Gasteiger partial charge on any atom is 0.320 e. The number of fused-ring (bicyclic) bond motifs is 1. The Labute approximate surface area is 140 Å². The van der Waals surface area contributed by atoms with Crippen molar-refractivity contribution in [1.29, 1.82) is 0 Å². The van der Waals surface area contributed by atoms with Crippen LogP contribution in [0.1, 0.15) is 49.5 Å². The van der Waals surface area contributed by atoms with Crippen LogP contribution >= 0.6 is 0 Å². The Morgan fingerprint density at radius 2 is 2.12 bits per heavy atom. The Bertz CT molecular complexity index is 729. The second kappa shape index (κ2) is 6.26. The number of hydrogen-bond donors (Lipinski definition) is 2. The smallest absolute Gasteiger partial charge is 0.320 e. The van der Waals surface area contributed by atoms with Gasteiger partial charge in [0.1, 0.15) is 18.0 Å². The number of aryl methyl sites for hydroxylation is 2. The molecule has 1 aliphatic carbocycles. The third-order valence-corrected chi connectivity index (χ3v) is 5.05. The number of nitrogens with one attached hydrogen (secondary N) is 2. The van der Waals surface area contributed by atoms with Crippen molar-refractivity contribution in [3.8, 4) is 0 Å². The summed E-state index contributed by atoms with van der Waals surface area (Å²) < 4.78 is 3.61. The standard InChI is InChI=1S/C16H23N7O/c1-22-15(8-13(21-22)11-4-2-3-5-11)20-16(24)19-12-6-7-14-17-10-18-23(14)9-12/h8,10-12H,2-7,9H2,1H3,(H2,19,20,24)/t12-/m1/s1. The molecule has 2 aromatic rings. The summed E-state index contributed by atoms with van der Waals surface area (Å²) in [6.07, 6.45) is 8.23. The highest BCUT2D eigenvalue weighted by molar-refractivity contribution is 5.88. The Kier molecular flexibility index (Phi) is 3.95. The largest absolute Gasteiger partial charge is 0.333 e. The van der Waals surface area contributed by atoms with Crippen LogP contribution < -0.4 is 10.6 Å². The van der Waals surface area contributed by atoms with Crippen LogP contribution in [-0.2, 0) is 20.0 Å². The number of carbonyl (C=O) groups is 1. The molecule has 1 saturated carbocycles. The zero-order valence-electron chi connectivity index (χ0n) is 13.9. The van der Waals surface area contributed by atoms with Gasteiger partial charge in [0.2, 0.25) is 0 Å². The van der Waals surface area contributed by atoms with Gasteiger partial charge in [-0.25, -0.2) is 14.5 Å². The summed E-state index contributed by atoms with van der Waals surface area (Å²) in [4.78, 5) is 16.5. The maximum atomic E-state index is 12.3. The summed E-state index contributed by atoms with van der Waals surface area (Å²) in [6, 6.07) is 1.89. The van der Waals surface area contributed by atoms with E-state index in [-0.39, 0.29) is 12.1 Å². The molecule has 0 radical (unpaired) electrons. The minimum atomic E-state index is -0.190. The third-order valence-electron chi connectivity index (χ3n) is 5.05. The minimum absolute atomic E-state index is 0.0710. The molecule has 24 heavy (non-hydrogen) atoms. The molecule has 1 atom stereocenters. The van der Waals surface area contributed by atoms with E-state index in [4.69, 9.17) is 0 Å². The fraction of sp³-hybridized carbons (Fsp3) is 0.625. The average Bonchev–Trinajstić information content (AvgIpc) is 3.28. The predicted octanol–water partition coefficient (Wildman–Crippen LogP) is 1.81. The summed E-state index contributed by atoms with van der Waals surface area (Å²) in [6.45, 7) is 0.668. The van der Waals surface area contributed by atoms with E-state index < -0.39 is 0 Å². The summed E-state index contributed by atoms with van der Waals surface area (Å²) in [5, 5.41) is 14.7. The van der Waals surface area contributed by atoms with Crippen molar-refractivity contribution >= 4 is 11.8 Å². The topological polar surface area (TPSA) is 89.7 Å². The molecule has 3 heterocycles. The predicted molar refractivity (Wildman–Crippen MR) is 88.7 cm³/mol. The van der Waals surface area contributed by atoms with Crippen molar-refractivity contribution in [2.75, 3.05) is 5.32 Å². The van der Waals surface area contributed by atoms with Crippen molar-refractivity contribution in [2.45, 2.75) is 57.0 Å². The van der Waals surface area contributed by atoms with Crippen molar-refractivity contribution in [1.82, 2.24) is 29.9 Å². The molecule has 0 saturated heterocycles. The quantitative estimate of drug-likeness (QED) is 0.898. The van der Waals surface area contributed by atoms with Crippen LogP contribution in [-0.4, -0.2) is 36.6 Å². The number of aromatic nitrogens is 5. The van der Waals surface area contributed by atoms with Gasteiger partial charge in [-0.15, -0.1) is 0 Å². The first-order valence-electron chi connectivity index (χ1n) is 8.67. The van der Waals surface area contributed by atoms with Gasteiger partial charge in [-0.05, 0) is 19.3 Å². The zero-order chi connectivity index (χ0) is 16.5. The molecule has 2 amide bonds. The number of carbonyl (C=O) groups excluding carboxylic acids is 1. The van der Waals surface area contributed by atoms with E-state index in [1.165, 1.54) is 25.7 Å². The lowest BCUT2D eigenvalue weighted by Crippen LogP contribution is -2.43. The molecule has 0 aromatic carbocycles. The first-order valence-corrected chi connectivity index (χ1v) is 8.67. The average molecular weight is 329 g/mol. The van der Waals surface area contributed by atoms with Gasteiger partial charge >= 0.3 is 6.03 Å². The first kappa shape index (κ1) is 15.2. The van der Waals surface area contributed by atoms with E-state index in [0.29, 0.717) is 12.5 Å². The van der Waals surface area contributed by atoms with Crippen LogP contribution in [0.5, 0.6) is 0 Å². The molecule has 2 aromatic heterocycles. The van der Waals surface area contributed by atoms with Gasteiger partial charge in [0.25, 0.3) is 0 Å². The molecule has 1 aliphatic heterocycles. The lowest BCUT2D eigenvalue weighted by atomic mass is 10.0. The van der Waals surface area contributed by atoms with Crippen molar-refractivity contribution in [2.24, 2.45) is 7.05 Å². The number of anilines is 1. The van der Waals surface area contributed by atoms with Crippen molar-refractivity contribution in [3.63, 3.8) is 0 Å². The number of urea groups is 1. The lowest BCUT2D eigenvalue weighted by molar-refractivity contribution is 0.243. The molecule has 0 unspecified atom stereocenters. The zero-order valence-corrected chi connectivity index (χ0v) is 13.9. The normalized spacial score (nSPS) is 20.8. The summed E-state index contributed by atoms with van der Waals surface area (Å²) in [7, 11) is 1.87. The third kappa shape index (κ3) is 3.00. The molecular weight excluding hydrogens is 306 g/mol. The van der Waals surface area contributed by atoms with Crippen LogP contribution in [0.2, 0.25) is 0 Å². The van der Waals surface area contributed by atoms with E-state index in [1.54, 1.807) is 11.0 Å². The molecule has 128 valence electrons. The van der Waals surface area contributed by atoms with Gasteiger partial charge in [0, 0.05) is 25.5 Å². The summed E-state index contributed by atoms with van der Waals surface area (Å²) in [5.74, 6) is 2.27. The van der Waals surface area contributed by atoms with E-state index >= 15 is 0 Å². The van der Waals surface area contributed by atoms with E-state index in [0.717, 1.165) is 30.2 Å². The second-order valence-electron chi connectivity index (χ2n) is 6.75. The van der Waals surface area contributed by atoms with Crippen LogP contribution in [0.15, 0.2) is 12.4 Å². The fourth-order valence-corrected chi connectivity index (χ4v) is 3.72. The monoisotopic (exact) mass is 329 g/mol. The van der Waals surface area contributed by atoms with Gasteiger partial charge in [0.05, 0.1) is 18.3 Å². The molecule has 2 aliphatic rings. The second-order valence-corrected chi connectivity index (χ2v) is 6.75. The van der Waals surface area contributed by atoms with E-state index in [9.17, 15) is 4.79 Å². The molecule has 1 fully saturated rings. The highest BCUT2D eigenvalue weighted by atomic mass is 16.2. The number of hydrogen-bond acceptors (Lipinski definition) is 4. The highest BCUT2D eigenvalue weighted by Crippen LogP contribution is 2.34. The van der Waals surface area contributed by atoms with Crippen LogP contribution in [0.3, 0.4) is 0 Å².